The highest BCUT2D eigenvalue weighted by molar-refractivity contribution is 7.89. The molecule has 3 rings (SSSR count). The average Bonchev–Trinajstić information content (AvgIpc) is 3.15. The molecule has 1 fully saturated rings. The molecule has 21 heavy (non-hydrogen) atoms. The van der Waals surface area contributed by atoms with Crippen molar-refractivity contribution in [3.05, 3.63) is 24.4 Å². The Hall–Kier alpha value is -2.13. The number of rotatable bonds is 5. The molecule has 0 aromatic carbocycles. The second-order valence-corrected chi connectivity index (χ2v) is 6.58. The Morgan fingerprint density at radius 1 is 1.43 bits per heavy atom. The Labute approximate surface area is 121 Å². The van der Waals surface area contributed by atoms with Crippen molar-refractivity contribution < 1.29 is 13.2 Å². The highest BCUT2D eigenvalue weighted by Gasteiger charge is 2.26. The van der Waals surface area contributed by atoms with Crippen LogP contribution in [0.5, 0.6) is 0 Å². The van der Waals surface area contributed by atoms with Gasteiger partial charge in [-0.05, 0) is 25.0 Å². The Bertz CT molecular complexity index is 794. The Balaban J connectivity index is 1.82. The number of pyridine rings is 1. The highest BCUT2D eigenvalue weighted by Crippen LogP contribution is 2.20. The lowest BCUT2D eigenvalue weighted by atomic mass is 10.5. The van der Waals surface area contributed by atoms with E-state index < -0.39 is 10.0 Å². The number of carbonyl (C=O) groups excluding carboxylic acids is 1. The van der Waals surface area contributed by atoms with Crippen molar-refractivity contribution in [2.45, 2.75) is 23.9 Å². The molecule has 0 saturated heterocycles. The highest BCUT2D eigenvalue weighted by atomic mass is 32.2. The molecule has 2 aromatic heterocycles. The molecule has 8 nitrogen and oxygen atoms in total. The minimum atomic E-state index is -3.92. The van der Waals surface area contributed by atoms with Gasteiger partial charge in [-0.15, -0.1) is 0 Å². The number of nitrogens with one attached hydrogen (secondary N) is 2. The van der Waals surface area contributed by atoms with Crippen LogP contribution in [0.2, 0.25) is 0 Å². The maximum absolute atomic E-state index is 12.3. The summed E-state index contributed by atoms with van der Waals surface area (Å²) in [5.41, 5.74) is 6.11. The molecule has 0 atom stereocenters. The fourth-order valence-electron chi connectivity index (χ4n) is 1.99. The molecular formula is C12H15N5O3S. The van der Waals surface area contributed by atoms with Crippen LogP contribution in [0, 0.1) is 0 Å². The maximum atomic E-state index is 12.3. The number of hydrogen-bond donors (Lipinski definition) is 3. The first-order chi connectivity index (χ1) is 9.97. The third-order valence-corrected chi connectivity index (χ3v) is 4.57. The smallest absolute Gasteiger partial charge is 0.260 e. The van der Waals surface area contributed by atoms with E-state index in [0.717, 1.165) is 12.8 Å². The predicted octanol–water partition coefficient (Wildman–Crippen LogP) is -0.527. The van der Waals surface area contributed by atoms with E-state index >= 15 is 0 Å². The molecule has 9 heteroatoms. The zero-order valence-corrected chi connectivity index (χ0v) is 11.9. The van der Waals surface area contributed by atoms with E-state index in [1.165, 1.54) is 4.40 Å². The summed E-state index contributed by atoms with van der Waals surface area (Å²) in [4.78, 5) is 15.6. The van der Waals surface area contributed by atoms with Crippen LogP contribution >= 0.6 is 0 Å². The molecule has 0 unspecified atom stereocenters. The van der Waals surface area contributed by atoms with Gasteiger partial charge in [-0.1, -0.05) is 6.07 Å². The van der Waals surface area contributed by atoms with Gasteiger partial charge in [-0.2, -0.15) is 0 Å². The second-order valence-electron chi connectivity index (χ2n) is 4.90. The van der Waals surface area contributed by atoms with Crippen LogP contribution in [0.25, 0.3) is 5.65 Å². The lowest BCUT2D eigenvalue weighted by molar-refractivity contribution is -0.120. The summed E-state index contributed by atoms with van der Waals surface area (Å²) in [6, 6.07) is 5.24. The number of nitrogens with two attached hydrogens (primary N) is 1. The van der Waals surface area contributed by atoms with Crippen molar-refractivity contribution in [3.8, 4) is 0 Å². The quantitative estimate of drug-likeness (QED) is 0.686. The number of nitrogens with zero attached hydrogens (tertiary/aromatic N) is 2. The van der Waals surface area contributed by atoms with Crippen LogP contribution in [0.3, 0.4) is 0 Å². The van der Waals surface area contributed by atoms with Gasteiger partial charge in [-0.25, -0.2) is 18.1 Å². The van der Waals surface area contributed by atoms with Crippen molar-refractivity contribution in [1.82, 2.24) is 19.4 Å². The SMILES string of the molecule is Nc1nc2ccccn2c1S(=O)(=O)NCC(=O)NC1CC1. The molecule has 0 aliphatic heterocycles. The van der Waals surface area contributed by atoms with Gasteiger partial charge >= 0.3 is 0 Å². The van der Waals surface area contributed by atoms with Crippen molar-refractivity contribution in [3.63, 3.8) is 0 Å². The van der Waals surface area contributed by atoms with Crippen molar-refractivity contribution in [1.29, 1.82) is 0 Å². The van der Waals surface area contributed by atoms with E-state index in [1.807, 2.05) is 0 Å². The number of aromatic nitrogens is 2. The number of sulfonamides is 1. The summed E-state index contributed by atoms with van der Waals surface area (Å²) in [6.45, 7) is -0.321. The minimum Gasteiger partial charge on any atom is -0.381 e. The molecular weight excluding hydrogens is 294 g/mol. The van der Waals surface area contributed by atoms with Gasteiger partial charge in [0.25, 0.3) is 10.0 Å². The summed E-state index contributed by atoms with van der Waals surface area (Å²) in [5, 5.41) is 2.55. The molecule has 112 valence electrons. The first-order valence-corrected chi connectivity index (χ1v) is 7.97. The fourth-order valence-corrected chi connectivity index (χ4v) is 3.19. The summed E-state index contributed by atoms with van der Waals surface area (Å²) in [5.74, 6) is -0.454. The van der Waals surface area contributed by atoms with Gasteiger partial charge in [-0.3, -0.25) is 9.20 Å². The monoisotopic (exact) mass is 309 g/mol. The van der Waals surface area contributed by atoms with Crippen molar-refractivity contribution in [2.75, 3.05) is 12.3 Å². The number of imidazole rings is 1. The normalized spacial score (nSPS) is 15.2. The zero-order valence-electron chi connectivity index (χ0n) is 11.1. The van der Waals surface area contributed by atoms with Crippen LogP contribution in [0.15, 0.2) is 29.4 Å². The molecule has 1 saturated carbocycles. The minimum absolute atomic E-state index is 0.101. The third-order valence-electron chi connectivity index (χ3n) is 3.13. The van der Waals surface area contributed by atoms with E-state index in [0.29, 0.717) is 5.65 Å². The predicted molar refractivity (Wildman–Crippen MR) is 76.0 cm³/mol. The molecule has 4 N–H and O–H groups in total. The summed E-state index contributed by atoms with van der Waals surface area (Å²) in [7, 11) is -3.92. The summed E-state index contributed by atoms with van der Waals surface area (Å²) in [6.07, 6.45) is 3.44. The van der Waals surface area contributed by atoms with Gasteiger partial charge < -0.3 is 11.1 Å². The third kappa shape index (κ3) is 2.83. The summed E-state index contributed by atoms with van der Waals surface area (Å²) < 4.78 is 28.2. The maximum Gasteiger partial charge on any atom is 0.260 e. The zero-order chi connectivity index (χ0) is 15.0. The van der Waals surface area contributed by atoms with E-state index in [-0.39, 0.29) is 29.3 Å². The largest absolute Gasteiger partial charge is 0.381 e. The van der Waals surface area contributed by atoms with Gasteiger partial charge in [0.1, 0.15) is 5.65 Å². The van der Waals surface area contributed by atoms with Gasteiger partial charge in [0, 0.05) is 12.2 Å². The van der Waals surface area contributed by atoms with Crippen LogP contribution < -0.4 is 15.8 Å². The van der Waals surface area contributed by atoms with E-state index in [1.54, 1.807) is 24.4 Å². The molecule has 2 heterocycles. The molecule has 1 aliphatic carbocycles. The number of anilines is 1. The number of hydrogen-bond acceptors (Lipinski definition) is 5. The average molecular weight is 309 g/mol. The van der Waals surface area contributed by atoms with E-state index in [4.69, 9.17) is 5.73 Å². The topological polar surface area (TPSA) is 119 Å². The second kappa shape index (κ2) is 5.01. The molecule has 1 amide bonds. The first-order valence-electron chi connectivity index (χ1n) is 6.49. The molecule has 1 aliphatic rings. The molecule has 0 bridgehead atoms. The van der Waals surface area contributed by atoms with Crippen molar-refractivity contribution >= 4 is 27.4 Å². The fraction of sp³-hybridized carbons (Fsp3) is 0.333. The number of amides is 1. The van der Waals surface area contributed by atoms with Crippen LogP contribution in [-0.4, -0.2) is 36.3 Å². The van der Waals surface area contributed by atoms with Gasteiger partial charge in [0.2, 0.25) is 5.91 Å². The number of fused-ring (bicyclic) bond motifs is 1. The Kier molecular flexibility index (Phi) is 3.30. The molecule has 0 radical (unpaired) electrons. The van der Waals surface area contributed by atoms with Gasteiger partial charge in [0.15, 0.2) is 10.8 Å². The van der Waals surface area contributed by atoms with E-state index in [2.05, 4.69) is 15.0 Å². The summed E-state index contributed by atoms with van der Waals surface area (Å²) >= 11 is 0. The molecule has 2 aromatic rings. The van der Waals surface area contributed by atoms with Crippen molar-refractivity contribution in [2.24, 2.45) is 0 Å². The number of carbonyl (C=O) groups is 1. The standard InChI is InChI=1S/C12H15N5O3S/c13-11-12(17-6-2-1-3-9(17)16-11)21(19,20)14-7-10(18)15-8-4-5-8/h1-3,6,8,14H,4-5,7,13H2,(H,15,18). The van der Waals surface area contributed by atoms with E-state index in [9.17, 15) is 13.2 Å². The lowest BCUT2D eigenvalue weighted by Gasteiger charge is -2.07. The van der Waals surface area contributed by atoms with Gasteiger partial charge in [0.05, 0.1) is 6.54 Å². The van der Waals surface area contributed by atoms with Crippen LogP contribution in [0.1, 0.15) is 12.8 Å². The molecule has 0 spiro atoms. The van der Waals surface area contributed by atoms with Crippen LogP contribution in [-0.2, 0) is 14.8 Å². The number of nitrogen functional groups attached to an aromatic ring is 1. The van der Waals surface area contributed by atoms with Crippen LogP contribution in [0.4, 0.5) is 5.82 Å². The lowest BCUT2D eigenvalue weighted by Crippen LogP contribution is -2.38. The Morgan fingerprint density at radius 3 is 2.90 bits per heavy atom. The Morgan fingerprint density at radius 2 is 2.19 bits per heavy atom. The first kappa shape index (κ1) is 13.8.